The molecule has 0 aromatic heterocycles. The number of amides is 1. The first kappa shape index (κ1) is 15.8. The minimum atomic E-state index is -0.0890. The molecule has 0 unspecified atom stereocenters. The maximum absolute atomic E-state index is 12.4. The average molecular weight is 389 g/mol. The third-order valence-corrected chi connectivity index (χ3v) is 4.95. The van der Waals surface area contributed by atoms with Crippen molar-refractivity contribution < 1.29 is 9.90 Å². The van der Waals surface area contributed by atoms with Crippen molar-refractivity contribution in [1.82, 2.24) is 4.90 Å². The van der Waals surface area contributed by atoms with Gasteiger partial charge in [0.2, 0.25) is 0 Å². The maximum Gasteiger partial charge on any atom is 0.266 e. The summed E-state index contributed by atoms with van der Waals surface area (Å²) in [6.07, 6.45) is 1.79. The number of carbonyl (C=O) groups is 1. The summed E-state index contributed by atoms with van der Waals surface area (Å²) in [7, 11) is 1.71. The highest BCUT2D eigenvalue weighted by Crippen LogP contribution is 2.34. The number of carbonyl (C=O) groups excluding carboxylic acids is 1. The Morgan fingerprint density at radius 3 is 2.65 bits per heavy atom. The van der Waals surface area contributed by atoms with Gasteiger partial charge in [0, 0.05) is 7.05 Å². The van der Waals surface area contributed by atoms with E-state index in [9.17, 15) is 9.90 Å². The van der Waals surface area contributed by atoms with Gasteiger partial charge in [0.25, 0.3) is 5.91 Å². The van der Waals surface area contributed by atoms with E-state index < -0.39 is 0 Å². The summed E-state index contributed by atoms with van der Waals surface area (Å²) in [6.45, 7) is 0. The second kappa shape index (κ2) is 6.60. The molecule has 1 amide bonds. The monoisotopic (exact) mass is 388 g/mol. The molecule has 2 aromatic carbocycles. The van der Waals surface area contributed by atoms with Crippen molar-refractivity contribution in [2.75, 3.05) is 7.05 Å². The van der Waals surface area contributed by atoms with Gasteiger partial charge in [-0.05, 0) is 63.6 Å². The lowest BCUT2D eigenvalue weighted by atomic mass is 10.2. The molecule has 0 spiro atoms. The summed E-state index contributed by atoms with van der Waals surface area (Å²) >= 11 is 4.61. The first-order valence-electron chi connectivity index (χ1n) is 6.84. The van der Waals surface area contributed by atoms with Gasteiger partial charge < -0.3 is 5.11 Å². The summed E-state index contributed by atoms with van der Waals surface area (Å²) < 4.78 is 0.592. The molecule has 23 heavy (non-hydrogen) atoms. The number of phenols is 1. The largest absolute Gasteiger partial charge is 0.507 e. The molecule has 1 saturated heterocycles. The second-order valence-corrected chi connectivity index (χ2v) is 6.78. The van der Waals surface area contributed by atoms with Crippen LogP contribution < -0.4 is 0 Å². The highest BCUT2D eigenvalue weighted by atomic mass is 79.9. The van der Waals surface area contributed by atoms with Crippen LogP contribution in [0.1, 0.15) is 5.56 Å². The van der Waals surface area contributed by atoms with Crippen LogP contribution in [0, 0.1) is 0 Å². The van der Waals surface area contributed by atoms with E-state index in [1.165, 1.54) is 11.8 Å². The number of aliphatic imine (C=N–C) groups is 1. The first-order valence-corrected chi connectivity index (χ1v) is 8.45. The standard InChI is InChI=1S/C17H13BrN2O2S/c1-20-16(22)15(10-11-7-8-14(21)13(18)9-11)23-17(20)19-12-5-3-2-4-6-12/h2-10,21H,1H3. The molecule has 0 atom stereocenters. The Bertz CT molecular complexity index is 819. The molecule has 1 heterocycles. The van der Waals surface area contributed by atoms with Gasteiger partial charge in [-0.15, -0.1) is 0 Å². The number of nitrogens with zero attached hydrogens (tertiary/aromatic N) is 2. The van der Waals surface area contributed by atoms with Gasteiger partial charge in [0.15, 0.2) is 5.17 Å². The Morgan fingerprint density at radius 2 is 1.96 bits per heavy atom. The SMILES string of the molecule is CN1C(=O)C(=Cc2ccc(O)c(Br)c2)SC1=Nc1ccccc1. The molecular formula is C17H13BrN2O2S. The lowest BCUT2D eigenvalue weighted by molar-refractivity contribution is -0.121. The predicted octanol–water partition coefficient (Wildman–Crippen LogP) is 4.39. The molecule has 116 valence electrons. The lowest BCUT2D eigenvalue weighted by Crippen LogP contribution is -2.23. The third kappa shape index (κ3) is 3.48. The van der Waals surface area contributed by atoms with E-state index in [4.69, 9.17) is 0 Å². The summed E-state index contributed by atoms with van der Waals surface area (Å²) in [4.78, 5) is 19.0. The van der Waals surface area contributed by atoms with Crippen molar-refractivity contribution in [1.29, 1.82) is 0 Å². The number of rotatable bonds is 2. The molecule has 1 aliphatic rings. The van der Waals surface area contributed by atoms with E-state index >= 15 is 0 Å². The van der Waals surface area contributed by atoms with Crippen LogP contribution in [0.15, 0.2) is 62.9 Å². The van der Waals surface area contributed by atoms with E-state index in [0.29, 0.717) is 14.5 Å². The Morgan fingerprint density at radius 1 is 1.22 bits per heavy atom. The summed E-state index contributed by atoms with van der Waals surface area (Å²) in [5.41, 5.74) is 1.64. The molecule has 0 saturated carbocycles. The van der Waals surface area contributed by atoms with Crippen LogP contribution in [0.4, 0.5) is 5.69 Å². The third-order valence-electron chi connectivity index (χ3n) is 3.25. The van der Waals surface area contributed by atoms with Gasteiger partial charge >= 0.3 is 0 Å². The fourth-order valence-corrected chi connectivity index (χ4v) is 3.41. The molecule has 0 radical (unpaired) electrons. The van der Waals surface area contributed by atoms with Crippen LogP contribution in [0.25, 0.3) is 6.08 Å². The molecule has 2 aromatic rings. The van der Waals surface area contributed by atoms with Crippen LogP contribution in [0.5, 0.6) is 5.75 Å². The highest BCUT2D eigenvalue weighted by Gasteiger charge is 2.30. The van der Waals surface area contributed by atoms with E-state index in [0.717, 1.165) is 11.3 Å². The number of benzene rings is 2. The van der Waals surface area contributed by atoms with Crippen LogP contribution >= 0.6 is 27.7 Å². The van der Waals surface area contributed by atoms with E-state index in [1.807, 2.05) is 30.3 Å². The van der Waals surface area contributed by atoms with Crippen molar-refractivity contribution in [3.8, 4) is 5.75 Å². The Labute approximate surface area is 146 Å². The normalized spacial score (nSPS) is 18.2. The predicted molar refractivity (Wildman–Crippen MR) is 97.7 cm³/mol. The summed E-state index contributed by atoms with van der Waals surface area (Å²) in [5, 5.41) is 10.2. The highest BCUT2D eigenvalue weighted by molar-refractivity contribution is 9.10. The van der Waals surface area contributed by atoms with Crippen LogP contribution in [0.3, 0.4) is 0 Å². The molecular weight excluding hydrogens is 376 g/mol. The fraction of sp³-hybridized carbons (Fsp3) is 0.0588. The Balaban J connectivity index is 1.90. The molecule has 1 N–H and O–H groups in total. The molecule has 1 aliphatic heterocycles. The van der Waals surface area contributed by atoms with Crippen molar-refractivity contribution in [2.45, 2.75) is 0 Å². The number of hydrogen-bond donors (Lipinski definition) is 1. The number of halogens is 1. The van der Waals surface area contributed by atoms with Crippen LogP contribution in [-0.4, -0.2) is 28.1 Å². The van der Waals surface area contributed by atoms with Gasteiger partial charge in [-0.2, -0.15) is 0 Å². The topological polar surface area (TPSA) is 52.9 Å². The first-order chi connectivity index (χ1) is 11.0. The van der Waals surface area contributed by atoms with Crippen LogP contribution in [-0.2, 0) is 4.79 Å². The van der Waals surface area contributed by atoms with Gasteiger partial charge in [-0.1, -0.05) is 24.3 Å². The number of likely N-dealkylation sites (N-methyl/N-ethyl adjacent to an activating group) is 1. The van der Waals surface area contributed by atoms with Gasteiger partial charge in [-0.3, -0.25) is 9.69 Å². The average Bonchev–Trinajstić information content (AvgIpc) is 2.80. The van der Waals surface area contributed by atoms with E-state index in [2.05, 4.69) is 20.9 Å². The van der Waals surface area contributed by atoms with Crippen molar-refractivity contribution in [2.24, 2.45) is 4.99 Å². The summed E-state index contributed by atoms with van der Waals surface area (Å²) in [5.74, 6) is 0.0786. The minimum Gasteiger partial charge on any atom is -0.507 e. The van der Waals surface area contributed by atoms with Gasteiger partial charge in [-0.25, -0.2) is 4.99 Å². The number of amidine groups is 1. The number of hydrogen-bond acceptors (Lipinski definition) is 4. The van der Waals surface area contributed by atoms with E-state index in [1.54, 1.807) is 36.2 Å². The number of phenolic OH excluding ortho intramolecular Hbond substituents is 1. The quantitative estimate of drug-likeness (QED) is 0.776. The molecule has 3 rings (SSSR count). The van der Waals surface area contributed by atoms with E-state index in [-0.39, 0.29) is 11.7 Å². The zero-order chi connectivity index (χ0) is 16.4. The number of para-hydroxylation sites is 1. The zero-order valence-electron chi connectivity index (χ0n) is 12.2. The van der Waals surface area contributed by atoms with Crippen LogP contribution in [0.2, 0.25) is 0 Å². The number of thioether (sulfide) groups is 1. The number of aromatic hydroxyl groups is 1. The van der Waals surface area contributed by atoms with Crippen molar-refractivity contribution >= 4 is 50.5 Å². The van der Waals surface area contributed by atoms with Gasteiger partial charge in [0.05, 0.1) is 15.1 Å². The Hall–Kier alpha value is -2.05. The minimum absolute atomic E-state index is 0.0890. The molecule has 1 fully saturated rings. The van der Waals surface area contributed by atoms with Crippen molar-refractivity contribution in [3.05, 3.63) is 63.5 Å². The van der Waals surface area contributed by atoms with Gasteiger partial charge in [0.1, 0.15) is 5.75 Å². The second-order valence-electron chi connectivity index (χ2n) is 4.92. The fourth-order valence-electron chi connectivity index (χ4n) is 2.03. The van der Waals surface area contributed by atoms with Crippen molar-refractivity contribution in [3.63, 3.8) is 0 Å². The smallest absolute Gasteiger partial charge is 0.266 e. The molecule has 0 bridgehead atoms. The summed E-state index contributed by atoms with van der Waals surface area (Å²) in [6, 6.07) is 14.6. The molecule has 6 heteroatoms. The molecule has 0 aliphatic carbocycles. The Kier molecular flexibility index (Phi) is 4.54. The molecule has 4 nitrogen and oxygen atoms in total. The maximum atomic E-state index is 12.4. The lowest BCUT2D eigenvalue weighted by Gasteiger charge is -2.06. The zero-order valence-corrected chi connectivity index (χ0v) is 14.6.